The maximum Gasteiger partial charge on any atom is 0.343 e. The van der Waals surface area contributed by atoms with E-state index >= 15 is 0 Å². The highest BCUT2D eigenvalue weighted by Crippen LogP contribution is 2.22. The maximum atomic E-state index is 12.4. The molecular weight excluding hydrogens is 372 g/mol. The molecule has 1 aliphatic carbocycles. The first-order valence-corrected chi connectivity index (χ1v) is 9.76. The molecule has 1 atom stereocenters. The van der Waals surface area contributed by atoms with Gasteiger partial charge in [-0.05, 0) is 33.1 Å². The van der Waals surface area contributed by atoms with Gasteiger partial charge in [0.1, 0.15) is 10.7 Å². The van der Waals surface area contributed by atoms with Crippen molar-refractivity contribution in [2.24, 2.45) is 0 Å². The third-order valence-corrected chi connectivity index (χ3v) is 4.96. The lowest BCUT2D eigenvalue weighted by atomic mass is 10.2. The van der Waals surface area contributed by atoms with Crippen LogP contribution in [0.5, 0.6) is 0 Å². The van der Waals surface area contributed by atoms with E-state index in [1.165, 1.54) is 6.92 Å². The van der Waals surface area contributed by atoms with Gasteiger partial charge in [0, 0.05) is 12.6 Å². The summed E-state index contributed by atoms with van der Waals surface area (Å²) in [6.45, 7) is 5.70. The molecule has 1 aliphatic rings. The Kier molecular flexibility index (Phi) is 7.65. The summed E-state index contributed by atoms with van der Waals surface area (Å²) in [6.07, 6.45) is 4.66. The number of nitrogens with one attached hydrogen (secondary N) is 2. The highest BCUT2D eigenvalue weighted by Gasteiger charge is 2.27. The highest BCUT2D eigenvalue weighted by molar-refractivity contribution is 6.32. The van der Waals surface area contributed by atoms with Crippen LogP contribution in [0.25, 0.3) is 0 Å². The quantitative estimate of drug-likeness (QED) is 0.687. The molecule has 2 rings (SSSR count). The van der Waals surface area contributed by atoms with Gasteiger partial charge in [-0.1, -0.05) is 37.8 Å². The number of rotatable bonds is 7. The Morgan fingerprint density at radius 1 is 1.33 bits per heavy atom. The van der Waals surface area contributed by atoms with Crippen LogP contribution in [0.3, 0.4) is 0 Å². The summed E-state index contributed by atoms with van der Waals surface area (Å²) in [5, 5.41) is 9.39. The number of esters is 1. The van der Waals surface area contributed by atoms with E-state index in [9.17, 15) is 14.4 Å². The van der Waals surface area contributed by atoms with Gasteiger partial charge in [-0.3, -0.25) is 14.8 Å². The molecule has 0 unspecified atom stereocenters. The number of hydrogen-bond donors (Lipinski definition) is 2. The molecule has 150 valence electrons. The molecule has 0 radical (unpaired) electrons. The molecular formula is C18H27ClN4O4. The smallest absolute Gasteiger partial charge is 0.343 e. The van der Waals surface area contributed by atoms with Crippen molar-refractivity contribution in [2.75, 3.05) is 0 Å². The molecule has 0 bridgehead atoms. The summed E-state index contributed by atoms with van der Waals surface area (Å²) in [5.41, 5.74) is 0.579. The minimum atomic E-state index is -1.14. The van der Waals surface area contributed by atoms with Gasteiger partial charge in [-0.25, -0.2) is 9.59 Å². The molecule has 0 aliphatic heterocycles. The van der Waals surface area contributed by atoms with E-state index in [0.29, 0.717) is 12.2 Å². The van der Waals surface area contributed by atoms with Gasteiger partial charge < -0.3 is 10.1 Å². The van der Waals surface area contributed by atoms with Crippen molar-refractivity contribution in [3.05, 3.63) is 16.4 Å². The fourth-order valence-electron chi connectivity index (χ4n) is 3.02. The zero-order chi connectivity index (χ0) is 20.0. The average Bonchev–Trinajstić information content (AvgIpc) is 3.20. The van der Waals surface area contributed by atoms with Gasteiger partial charge in [-0.2, -0.15) is 5.10 Å². The van der Waals surface area contributed by atoms with Crippen LogP contribution in [-0.4, -0.2) is 39.8 Å². The molecule has 0 aromatic carbocycles. The minimum absolute atomic E-state index is 0.0890. The zero-order valence-electron chi connectivity index (χ0n) is 16.0. The molecule has 1 saturated carbocycles. The monoisotopic (exact) mass is 398 g/mol. The molecule has 27 heavy (non-hydrogen) atoms. The van der Waals surface area contributed by atoms with E-state index in [4.69, 9.17) is 16.3 Å². The predicted octanol–water partition coefficient (Wildman–Crippen LogP) is 2.96. The van der Waals surface area contributed by atoms with Crippen LogP contribution in [-0.2, 0) is 16.1 Å². The van der Waals surface area contributed by atoms with Crippen LogP contribution in [0.2, 0.25) is 5.15 Å². The number of aryl methyl sites for hydroxylation is 2. The van der Waals surface area contributed by atoms with Crippen LogP contribution in [0, 0.1) is 6.92 Å². The van der Waals surface area contributed by atoms with Gasteiger partial charge in [0.05, 0.1) is 5.69 Å². The molecule has 9 heteroatoms. The Morgan fingerprint density at radius 2 is 2.00 bits per heavy atom. The van der Waals surface area contributed by atoms with Crippen molar-refractivity contribution in [1.29, 1.82) is 0 Å². The molecule has 2 N–H and O–H groups in total. The Hall–Kier alpha value is -2.09. The van der Waals surface area contributed by atoms with E-state index in [1.807, 2.05) is 6.92 Å². The summed E-state index contributed by atoms with van der Waals surface area (Å²) in [5.74, 6) is -1.43. The fraction of sp³-hybridized carbons (Fsp3) is 0.667. The number of halogens is 1. The summed E-state index contributed by atoms with van der Waals surface area (Å²) >= 11 is 6.24. The second kappa shape index (κ2) is 9.73. The van der Waals surface area contributed by atoms with E-state index in [1.54, 1.807) is 11.6 Å². The number of carbonyl (C=O) groups is 3. The number of imide groups is 1. The van der Waals surface area contributed by atoms with Crippen LogP contribution in [0.15, 0.2) is 0 Å². The highest BCUT2D eigenvalue weighted by atomic mass is 35.5. The summed E-state index contributed by atoms with van der Waals surface area (Å²) < 4.78 is 6.73. The Morgan fingerprint density at radius 3 is 2.63 bits per heavy atom. The van der Waals surface area contributed by atoms with Crippen LogP contribution >= 0.6 is 11.6 Å². The van der Waals surface area contributed by atoms with Gasteiger partial charge in [-0.15, -0.1) is 0 Å². The largest absolute Gasteiger partial charge is 0.449 e. The lowest BCUT2D eigenvalue weighted by molar-refractivity contribution is -0.127. The Bertz CT molecular complexity index is 698. The molecule has 0 spiro atoms. The molecule has 1 aromatic heterocycles. The fourth-order valence-corrected chi connectivity index (χ4v) is 3.36. The van der Waals surface area contributed by atoms with E-state index < -0.39 is 24.0 Å². The normalized spacial score (nSPS) is 15.4. The number of nitrogens with zero attached hydrogens (tertiary/aromatic N) is 2. The summed E-state index contributed by atoms with van der Waals surface area (Å²) in [4.78, 5) is 36.4. The molecule has 8 nitrogen and oxygen atoms in total. The van der Waals surface area contributed by atoms with Crippen molar-refractivity contribution >= 4 is 29.5 Å². The van der Waals surface area contributed by atoms with Crippen LogP contribution in [0.4, 0.5) is 4.79 Å². The molecule has 1 aromatic rings. The van der Waals surface area contributed by atoms with Gasteiger partial charge in [0.15, 0.2) is 6.10 Å². The van der Waals surface area contributed by atoms with E-state index in [0.717, 1.165) is 38.5 Å². The van der Waals surface area contributed by atoms with Crippen molar-refractivity contribution < 1.29 is 19.1 Å². The SMILES string of the molecule is CCCCn1nc(C)c(C(=O)O[C@H](C)C(=O)NC(=O)NC2CCCC2)c1Cl. The van der Waals surface area contributed by atoms with Gasteiger partial charge >= 0.3 is 12.0 Å². The number of carbonyl (C=O) groups excluding carboxylic acids is 3. The number of hydrogen-bond acceptors (Lipinski definition) is 5. The number of amides is 3. The molecule has 1 fully saturated rings. The number of unbranched alkanes of at least 4 members (excludes halogenated alkanes) is 1. The second-order valence-electron chi connectivity index (χ2n) is 6.82. The van der Waals surface area contributed by atoms with Gasteiger partial charge in [0.2, 0.25) is 0 Å². The van der Waals surface area contributed by atoms with Crippen molar-refractivity contribution in [3.8, 4) is 0 Å². The first-order valence-electron chi connectivity index (χ1n) is 9.38. The van der Waals surface area contributed by atoms with Crippen LogP contribution < -0.4 is 10.6 Å². The molecule has 3 amide bonds. The Labute approximate surface area is 164 Å². The Balaban J connectivity index is 1.91. The molecule has 0 saturated heterocycles. The lowest BCUT2D eigenvalue weighted by Gasteiger charge is -2.15. The van der Waals surface area contributed by atoms with Crippen molar-refractivity contribution in [3.63, 3.8) is 0 Å². The minimum Gasteiger partial charge on any atom is -0.449 e. The lowest BCUT2D eigenvalue weighted by Crippen LogP contribution is -2.47. The first kappa shape index (κ1) is 21.2. The summed E-state index contributed by atoms with van der Waals surface area (Å²) in [7, 11) is 0. The maximum absolute atomic E-state index is 12.4. The average molecular weight is 399 g/mol. The number of aromatic nitrogens is 2. The van der Waals surface area contributed by atoms with E-state index in [-0.39, 0.29) is 16.8 Å². The predicted molar refractivity (Wildman–Crippen MR) is 101 cm³/mol. The zero-order valence-corrected chi connectivity index (χ0v) is 16.8. The standard InChI is InChI=1S/C18H27ClN4O4/c1-4-5-10-23-15(19)14(11(2)22-23)17(25)27-12(3)16(24)21-18(26)20-13-8-6-7-9-13/h12-13H,4-10H2,1-3H3,(H2,20,21,24,26)/t12-/m1/s1. The van der Waals surface area contributed by atoms with Crippen molar-refractivity contribution in [2.45, 2.75) is 78.0 Å². The van der Waals surface area contributed by atoms with Crippen LogP contribution in [0.1, 0.15) is 68.4 Å². The second-order valence-corrected chi connectivity index (χ2v) is 7.18. The van der Waals surface area contributed by atoms with Crippen molar-refractivity contribution in [1.82, 2.24) is 20.4 Å². The molecule has 1 heterocycles. The first-order chi connectivity index (χ1) is 12.8. The third kappa shape index (κ3) is 5.69. The van der Waals surface area contributed by atoms with Gasteiger partial charge in [0.25, 0.3) is 5.91 Å². The number of urea groups is 1. The third-order valence-electron chi connectivity index (χ3n) is 4.57. The summed E-state index contributed by atoms with van der Waals surface area (Å²) in [6, 6.07) is -0.484. The topological polar surface area (TPSA) is 102 Å². The number of ether oxygens (including phenoxy) is 1. The van der Waals surface area contributed by atoms with E-state index in [2.05, 4.69) is 15.7 Å².